The summed E-state index contributed by atoms with van der Waals surface area (Å²) in [5.41, 5.74) is 9.05. The number of aryl methyl sites for hydroxylation is 1. The van der Waals surface area contributed by atoms with Gasteiger partial charge in [0.15, 0.2) is 0 Å². The Morgan fingerprint density at radius 1 is 1.00 bits per heavy atom. The highest BCUT2D eigenvalue weighted by Gasteiger charge is 1.97. The Balaban J connectivity index is 0.00000112. The zero-order chi connectivity index (χ0) is 9.97. The molecule has 0 unspecified atom stereocenters. The fourth-order valence-corrected chi connectivity index (χ4v) is 1.40. The molecule has 4 heteroatoms. The molecular formula is C12H14Cl2N2. The fourth-order valence-electron chi connectivity index (χ4n) is 1.40. The van der Waals surface area contributed by atoms with Crippen molar-refractivity contribution in [3.8, 4) is 11.1 Å². The second-order valence-electron chi connectivity index (χ2n) is 3.34. The van der Waals surface area contributed by atoms with Crippen molar-refractivity contribution >= 4 is 30.6 Å². The van der Waals surface area contributed by atoms with Gasteiger partial charge in [0.1, 0.15) is 5.82 Å². The van der Waals surface area contributed by atoms with E-state index < -0.39 is 0 Å². The van der Waals surface area contributed by atoms with Crippen LogP contribution in [0.2, 0.25) is 0 Å². The second kappa shape index (κ2) is 6.36. The van der Waals surface area contributed by atoms with E-state index in [2.05, 4.69) is 30.1 Å². The predicted octanol–water partition coefficient (Wildman–Crippen LogP) is 3.48. The molecule has 0 aliphatic heterocycles. The minimum Gasteiger partial charge on any atom is -0.384 e. The standard InChI is InChI=1S/C12H12N2.2ClH/c1-9-3-2-4-10(7-9)11-5-6-12(13)14-8-11;;/h2-8H,1H3,(H2,13,14);2*1H. The van der Waals surface area contributed by atoms with Gasteiger partial charge in [-0.05, 0) is 24.6 Å². The largest absolute Gasteiger partial charge is 0.384 e. The molecule has 0 bridgehead atoms. The molecule has 0 spiro atoms. The Kier molecular flexibility index (Phi) is 5.86. The predicted molar refractivity (Wildman–Crippen MR) is 73.3 cm³/mol. The lowest BCUT2D eigenvalue weighted by Crippen LogP contribution is -1.88. The summed E-state index contributed by atoms with van der Waals surface area (Å²) in [4.78, 5) is 4.06. The zero-order valence-electron chi connectivity index (χ0n) is 8.88. The van der Waals surface area contributed by atoms with Gasteiger partial charge in [-0.1, -0.05) is 29.8 Å². The van der Waals surface area contributed by atoms with Crippen molar-refractivity contribution in [2.24, 2.45) is 0 Å². The van der Waals surface area contributed by atoms with E-state index in [-0.39, 0.29) is 24.8 Å². The summed E-state index contributed by atoms with van der Waals surface area (Å²) in [6, 6.07) is 12.1. The van der Waals surface area contributed by atoms with E-state index >= 15 is 0 Å². The molecule has 2 rings (SSSR count). The van der Waals surface area contributed by atoms with E-state index in [1.54, 1.807) is 6.20 Å². The Labute approximate surface area is 108 Å². The lowest BCUT2D eigenvalue weighted by molar-refractivity contribution is 1.33. The van der Waals surface area contributed by atoms with Crippen LogP contribution in [0.3, 0.4) is 0 Å². The van der Waals surface area contributed by atoms with E-state index in [9.17, 15) is 0 Å². The maximum absolute atomic E-state index is 5.52. The minimum atomic E-state index is 0. The van der Waals surface area contributed by atoms with Crippen molar-refractivity contribution in [2.75, 3.05) is 5.73 Å². The molecule has 0 aliphatic rings. The SMILES string of the molecule is Cc1cccc(-c2ccc(N)nc2)c1.Cl.Cl. The van der Waals surface area contributed by atoms with Crippen LogP contribution in [0.5, 0.6) is 0 Å². The van der Waals surface area contributed by atoms with Crippen LogP contribution in [0.1, 0.15) is 5.56 Å². The van der Waals surface area contributed by atoms with Gasteiger partial charge in [0, 0.05) is 11.8 Å². The molecule has 0 amide bonds. The number of nitrogens with two attached hydrogens (primary N) is 1. The molecule has 0 saturated carbocycles. The Morgan fingerprint density at radius 2 is 1.75 bits per heavy atom. The Bertz CT molecular complexity index is 441. The molecule has 0 saturated heterocycles. The highest BCUT2D eigenvalue weighted by molar-refractivity contribution is 5.85. The van der Waals surface area contributed by atoms with Gasteiger partial charge < -0.3 is 5.73 Å². The fraction of sp³-hybridized carbons (Fsp3) is 0.0833. The molecule has 86 valence electrons. The van der Waals surface area contributed by atoms with Crippen molar-refractivity contribution in [1.29, 1.82) is 0 Å². The highest BCUT2D eigenvalue weighted by Crippen LogP contribution is 2.19. The van der Waals surface area contributed by atoms with Crippen molar-refractivity contribution in [3.05, 3.63) is 48.2 Å². The molecule has 1 heterocycles. The summed E-state index contributed by atoms with van der Waals surface area (Å²) in [5.74, 6) is 0.557. The number of halogens is 2. The number of benzene rings is 1. The first-order chi connectivity index (χ1) is 6.75. The van der Waals surface area contributed by atoms with E-state index in [1.807, 2.05) is 18.2 Å². The molecule has 2 aromatic rings. The van der Waals surface area contributed by atoms with E-state index in [0.29, 0.717) is 5.82 Å². The van der Waals surface area contributed by atoms with Gasteiger partial charge in [0.25, 0.3) is 0 Å². The van der Waals surface area contributed by atoms with Gasteiger partial charge in [0.05, 0.1) is 0 Å². The normalized spacial score (nSPS) is 8.81. The number of pyridine rings is 1. The van der Waals surface area contributed by atoms with Gasteiger partial charge in [-0.2, -0.15) is 0 Å². The average Bonchev–Trinajstić information content (AvgIpc) is 2.19. The Hall–Kier alpha value is -1.25. The van der Waals surface area contributed by atoms with Gasteiger partial charge in [0.2, 0.25) is 0 Å². The van der Waals surface area contributed by atoms with Crippen LogP contribution in [0.4, 0.5) is 5.82 Å². The van der Waals surface area contributed by atoms with Crippen LogP contribution in [0, 0.1) is 6.92 Å². The monoisotopic (exact) mass is 256 g/mol. The molecule has 0 aliphatic carbocycles. The summed E-state index contributed by atoms with van der Waals surface area (Å²) in [6.07, 6.45) is 1.80. The third-order valence-electron chi connectivity index (χ3n) is 2.14. The van der Waals surface area contributed by atoms with Gasteiger partial charge in [-0.3, -0.25) is 0 Å². The first-order valence-electron chi connectivity index (χ1n) is 4.54. The van der Waals surface area contributed by atoms with Crippen LogP contribution in [-0.2, 0) is 0 Å². The molecule has 2 nitrogen and oxygen atoms in total. The number of hydrogen-bond donors (Lipinski definition) is 1. The van der Waals surface area contributed by atoms with E-state index in [0.717, 1.165) is 5.56 Å². The maximum Gasteiger partial charge on any atom is 0.123 e. The van der Waals surface area contributed by atoms with Crippen molar-refractivity contribution in [3.63, 3.8) is 0 Å². The number of rotatable bonds is 1. The number of hydrogen-bond acceptors (Lipinski definition) is 2. The van der Waals surface area contributed by atoms with Crippen molar-refractivity contribution in [2.45, 2.75) is 6.92 Å². The summed E-state index contributed by atoms with van der Waals surface area (Å²) in [7, 11) is 0. The van der Waals surface area contributed by atoms with Gasteiger partial charge >= 0.3 is 0 Å². The van der Waals surface area contributed by atoms with Crippen LogP contribution in [0.25, 0.3) is 11.1 Å². The van der Waals surface area contributed by atoms with Gasteiger partial charge in [-0.15, -0.1) is 24.8 Å². The molecule has 1 aromatic carbocycles. The van der Waals surface area contributed by atoms with Crippen molar-refractivity contribution in [1.82, 2.24) is 4.98 Å². The molecule has 2 N–H and O–H groups in total. The quantitative estimate of drug-likeness (QED) is 0.849. The minimum absolute atomic E-state index is 0. The van der Waals surface area contributed by atoms with E-state index in [4.69, 9.17) is 5.73 Å². The van der Waals surface area contributed by atoms with Crippen LogP contribution >= 0.6 is 24.8 Å². The third kappa shape index (κ3) is 3.40. The molecule has 0 radical (unpaired) electrons. The lowest BCUT2D eigenvalue weighted by atomic mass is 10.1. The topological polar surface area (TPSA) is 38.9 Å². The molecular weight excluding hydrogens is 243 g/mol. The molecule has 16 heavy (non-hydrogen) atoms. The molecule has 1 aromatic heterocycles. The highest BCUT2D eigenvalue weighted by atomic mass is 35.5. The van der Waals surface area contributed by atoms with Crippen LogP contribution in [0.15, 0.2) is 42.6 Å². The number of anilines is 1. The number of nitrogens with zero attached hydrogens (tertiary/aromatic N) is 1. The Morgan fingerprint density at radius 3 is 2.31 bits per heavy atom. The molecule has 0 fully saturated rings. The number of aromatic nitrogens is 1. The summed E-state index contributed by atoms with van der Waals surface area (Å²) in [6.45, 7) is 2.08. The lowest BCUT2D eigenvalue weighted by Gasteiger charge is -2.02. The summed E-state index contributed by atoms with van der Waals surface area (Å²) >= 11 is 0. The summed E-state index contributed by atoms with van der Waals surface area (Å²) in [5, 5.41) is 0. The third-order valence-corrected chi connectivity index (χ3v) is 2.14. The van der Waals surface area contributed by atoms with Crippen LogP contribution < -0.4 is 5.73 Å². The van der Waals surface area contributed by atoms with Crippen LogP contribution in [-0.4, -0.2) is 4.98 Å². The van der Waals surface area contributed by atoms with E-state index in [1.165, 1.54) is 11.1 Å². The van der Waals surface area contributed by atoms with Gasteiger partial charge in [-0.25, -0.2) is 4.98 Å². The molecule has 0 atom stereocenters. The average molecular weight is 257 g/mol. The number of nitrogen functional groups attached to an aromatic ring is 1. The first-order valence-corrected chi connectivity index (χ1v) is 4.54. The second-order valence-corrected chi connectivity index (χ2v) is 3.34. The first kappa shape index (κ1) is 14.8. The smallest absolute Gasteiger partial charge is 0.123 e. The van der Waals surface area contributed by atoms with Crippen molar-refractivity contribution < 1.29 is 0 Å². The zero-order valence-corrected chi connectivity index (χ0v) is 10.5. The maximum atomic E-state index is 5.52. The summed E-state index contributed by atoms with van der Waals surface area (Å²) < 4.78 is 0.